The standard InChI is InChI=1S/C13H10N2O2/c1-8-5-9(7-17-8)12(16)11-6-15-13-10(11)3-2-4-14-13/h2-7H,1H3,(H,14,15). The monoisotopic (exact) mass is 226 g/mol. The number of hydrogen-bond acceptors (Lipinski definition) is 3. The lowest BCUT2D eigenvalue weighted by Crippen LogP contribution is -1.98. The Morgan fingerprint density at radius 2 is 2.35 bits per heavy atom. The topological polar surface area (TPSA) is 58.9 Å². The summed E-state index contributed by atoms with van der Waals surface area (Å²) in [4.78, 5) is 19.4. The summed E-state index contributed by atoms with van der Waals surface area (Å²) in [6.07, 6.45) is 4.85. The number of carbonyl (C=O) groups is 1. The Bertz CT molecular complexity index is 694. The van der Waals surface area contributed by atoms with Gasteiger partial charge in [0.25, 0.3) is 0 Å². The molecule has 17 heavy (non-hydrogen) atoms. The quantitative estimate of drug-likeness (QED) is 0.683. The van der Waals surface area contributed by atoms with Crippen LogP contribution in [0.2, 0.25) is 0 Å². The molecule has 0 saturated heterocycles. The summed E-state index contributed by atoms with van der Waals surface area (Å²) in [5.41, 5.74) is 1.90. The van der Waals surface area contributed by atoms with Gasteiger partial charge in [-0.05, 0) is 25.1 Å². The van der Waals surface area contributed by atoms with Gasteiger partial charge in [0.1, 0.15) is 17.7 Å². The summed E-state index contributed by atoms with van der Waals surface area (Å²) >= 11 is 0. The molecule has 3 rings (SSSR count). The molecule has 0 radical (unpaired) electrons. The molecule has 3 aromatic rings. The molecule has 0 amide bonds. The summed E-state index contributed by atoms with van der Waals surface area (Å²) in [7, 11) is 0. The highest BCUT2D eigenvalue weighted by atomic mass is 16.3. The molecule has 3 heterocycles. The number of ketones is 1. The highest BCUT2D eigenvalue weighted by Crippen LogP contribution is 2.20. The van der Waals surface area contributed by atoms with E-state index in [1.165, 1.54) is 6.26 Å². The second-order valence-corrected chi connectivity index (χ2v) is 3.88. The molecule has 1 N–H and O–H groups in total. The van der Waals surface area contributed by atoms with Crippen LogP contribution in [0.1, 0.15) is 21.7 Å². The first-order valence-corrected chi connectivity index (χ1v) is 5.27. The zero-order valence-corrected chi connectivity index (χ0v) is 9.23. The maximum atomic E-state index is 12.2. The highest BCUT2D eigenvalue weighted by molar-refractivity contribution is 6.15. The first-order chi connectivity index (χ1) is 8.25. The van der Waals surface area contributed by atoms with Crippen LogP contribution in [0.4, 0.5) is 0 Å². The van der Waals surface area contributed by atoms with Gasteiger partial charge in [-0.2, -0.15) is 0 Å². The average Bonchev–Trinajstić information content (AvgIpc) is 2.94. The van der Waals surface area contributed by atoms with Crippen LogP contribution in [-0.4, -0.2) is 15.8 Å². The number of hydrogen-bond donors (Lipinski definition) is 1. The van der Waals surface area contributed by atoms with E-state index in [-0.39, 0.29) is 5.78 Å². The van der Waals surface area contributed by atoms with Crippen LogP contribution in [0.3, 0.4) is 0 Å². The van der Waals surface area contributed by atoms with Crippen molar-refractivity contribution in [2.75, 3.05) is 0 Å². The van der Waals surface area contributed by atoms with E-state index in [1.54, 1.807) is 18.5 Å². The fourth-order valence-corrected chi connectivity index (χ4v) is 1.86. The van der Waals surface area contributed by atoms with Gasteiger partial charge in [0.2, 0.25) is 0 Å². The van der Waals surface area contributed by atoms with E-state index in [9.17, 15) is 4.79 Å². The van der Waals surface area contributed by atoms with Crippen molar-refractivity contribution in [3.63, 3.8) is 0 Å². The lowest BCUT2D eigenvalue weighted by molar-refractivity contribution is 0.103. The number of nitrogens with one attached hydrogen (secondary N) is 1. The van der Waals surface area contributed by atoms with Crippen molar-refractivity contribution in [3.05, 3.63) is 53.7 Å². The van der Waals surface area contributed by atoms with Crippen molar-refractivity contribution >= 4 is 16.8 Å². The minimum atomic E-state index is -0.0545. The molecule has 84 valence electrons. The number of H-pyrrole nitrogens is 1. The van der Waals surface area contributed by atoms with Crippen molar-refractivity contribution in [1.29, 1.82) is 0 Å². The van der Waals surface area contributed by atoms with E-state index in [4.69, 9.17) is 4.42 Å². The average molecular weight is 226 g/mol. The van der Waals surface area contributed by atoms with Crippen LogP contribution in [0.25, 0.3) is 11.0 Å². The molecule has 0 aromatic carbocycles. The van der Waals surface area contributed by atoms with Gasteiger partial charge < -0.3 is 9.40 Å². The smallest absolute Gasteiger partial charge is 0.198 e. The van der Waals surface area contributed by atoms with Crippen LogP contribution in [-0.2, 0) is 0 Å². The van der Waals surface area contributed by atoms with E-state index in [2.05, 4.69) is 9.97 Å². The maximum absolute atomic E-state index is 12.2. The molecular formula is C13H10N2O2. The fraction of sp³-hybridized carbons (Fsp3) is 0.0769. The summed E-state index contributed by atoms with van der Waals surface area (Å²) < 4.78 is 5.15. The Hall–Kier alpha value is -2.36. The third kappa shape index (κ3) is 1.54. The number of rotatable bonds is 2. The van der Waals surface area contributed by atoms with Crippen LogP contribution < -0.4 is 0 Å². The number of pyridine rings is 1. The number of aromatic nitrogens is 2. The Kier molecular flexibility index (Phi) is 2.08. The van der Waals surface area contributed by atoms with Gasteiger partial charge in [-0.15, -0.1) is 0 Å². The zero-order chi connectivity index (χ0) is 11.8. The minimum absolute atomic E-state index is 0.0545. The molecular weight excluding hydrogens is 216 g/mol. The minimum Gasteiger partial charge on any atom is -0.469 e. The normalized spacial score (nSPS) is 10.9. The summed E-state index contributed by atoms with van der Waals surface area (Å²) in [6, 6.07) is 5.42. The van der Waals surface area contributed by atoms with E-state index >= 15 is 0 Å². The van der Waals surface area contributed by atoms with Gasteiger partial charge in [-0.1, -0.05) is 0 Å². The van der Waals surface area contributed by atoms with E-state index in [0.29, 0.717) is 11.1 Å². The van der Waals surface area contributed by atoms with E-state index in [1.807, 2.05) is 19.1 Å². The van der Waals surface area contributed by atoms with E-state index < -0.39 is 0 Å². The molecule has 0 aliphatic carbocycles. The Labute approximate surface area is 97.3 Å². The lowest BCUT2D eigenvalue weighted by atomic mass is 10.1. The van der Waals surface area contributed by atoms with Gasteiger partial charge in [0, 0.05) is 23.3 Å². The Morgan fingerprint density at radius 3 is 3.12 bits per heavy atom. The molecule has 4 heteroatoms. The van der Waals surface area contributed by atoms with Crippen LogP contribution >= 0.6 is 0 Å². The van der Waals surface area contributed by atoms with Crippen molar-refractivity contribution < 1.29 is 9.21 Å². The molecule has 0 spiro atoms. The predicted octanol–water partition coefficient (Wildman–Crippen LogP) is 2.70. The van der Waals surface area contributed by atoms with Crippen molar-refractivity contribution in [2.45, 2.75) is 6.92 Å². The number of carbonyl (C=O) groups excluding carboxylic acids is 1. The van der Waals surface area contributed by atoms with Gasteiger partial charge >= 0.3 is 0 Å². The fourth-order valence-electron chi connectivity index (χ4n) is 1.86. The van der Waals surface area contributed by atoms with Crippen molar-refractivity contribution in [1.82, 2.24) is 9.97 Å². The first kappa shape index (κ1) is 9.84. The third-order valence-electron chi connectivity index (χ3n) is 2.69. The van der Waals surface area contributed by atoms with Crippen LogP contribution in [0.15, 0.2) is 41.3 Å². The third-order valence-corrected chi connectivity index (χ3v) is 2.69. The van der Waals surface area contributed by atoms with Crippen molar-refractivity contribution in [2.24, 2.45) is 0 Å². The van der Waals surface area contributed by atoms with E-state index in [0.717, 1.165) is 16.8 Å². The summed E-state index contributed by atoms with van der Waals surface area (Å²) in [5, 5.41) is 0.830. The molecule has 4 nitrogen and oxygen atoms in total. The predicted molar refractivity (Wildman–Crippen MR) is 63.0 cm³/mol. The maximum Gasteiger partial charge on any atom is 0.198 e. The van der Waals surface area contributed by atoms with Gasteiger partial charge in [0.05, 0.1) is 5.56 Å². The number of fused-ring (bicyclic) bond motifs is 1. The number of aromatic amines is 1. The van der Waals surface area contributed by atoms with Gasteiger partial charge in [-0.3, -0.25) is 4.79 Å². The van der Waals surface area contributed by atoms with Crippen LogP contribution in [0.5, 0.6) is 0 Å². The zero-order valence-electron chi connectivity index (χ0n) is 9.23. The number of furan rings is 1. The highest BCUT2D eigenvalue weighted by Gasteiger charge is 2.15. The molecule has 0 saturated carbocycles. The molecule has 0 aliphatic heterocycles. The van der Waals surface area contributed by atoms with Crippen molar-refractivity contribution in [3.8, 4) is 0 Å². The Morgan fingerprint density at radius 1 is 1.47 bits per heavy atom. The summed E-state index contributed by atoms with van der Waals surface area (Å²) in [6.45, 7) is 1.81. The molecule has 0 aliphatic rings. The molecule has 0 fully saturated rings. The molecule has 0 bridgehead atoms. The first-order valence-electron chi connectivity index (χ1n) is 5.27. The Balaban J connectivity index is 2.13. The second-order valence-electron chi connectivity index (χ2n) is 3.88. The summed E-state index contributed by atoms with van der Waals surface area (Å²) in [5.74, 6) is 0.674. The second kappa shape index (κ2) is 3.59. The molecule has 0 unspecified atom stereocenters. The lowest BCUT2D eigenvalue weighted by Gasteiger charge is -1.94. The largest absolute Gasteiger partial charge is 0.469 e. The van der Waals surface area contributed by atoms with Gasteiger partial charge in [-0.25, -0.2) is 4.98 Å². The molecule has 0 atom stereocenters. The molecule has 3 aromatic heterocycles. The van der Waals surface area contributed by atoms with Gasteiger partial charge in [0.15, 0.2) is 5.78 Å². The van der Waals surface area contributed by atoms with Crippen LogP contribution in [0, 0.1) is 6.92 Å². The SMILES string of the molecule is Cc1cc(C(=O)c2c[nH]c3ncccc23)co1. The number of nitrogens with zero attached hydrogens (tertiary/aromatic N) is 1. The number of aryl methyl sites for hydroxylation is 1.